The van der Waals surface area contributed by atoms with Crippen molar-refractivity contribution in [2.45, 2.75) is 29.5 Å². The number of sulfone groups is 1. The van der Waals surface area contributed by atoms with Gasteiger partial charge in [-0.05, 0) is 66.9 Å². The predicted molar refractivity (Wildman–Crippen MR) is 120 cm³/mol. The Kier molecular flexibility index (Phi) is 6.21. The zero-order chi connectivity index (χ0) is 21.0. The van der Waals surface area contributed by atoms with Crippen molar-refractivity contribution in [2.75, 3.05) is 20.2 Å². The number of likely N-dealkylation sites (tertiary alicyclic amines) is 1. The van der Waals surface area contributed by atoms with Crippen molar-refractivity contribution >= 4 is 9.84 Å². The number of benzene rings is 3. The molecule has 1 fully saturated rings. The van der Waals surface area contributed by atoms with Crippen LogP contribution in [0.2, 0.25) is 0 Å². The second-order valence-corrected chi connectivity index (χ2v) is 9.99. The van der Waals surface area contributed by atoms with Gasteiger partial charge >= 0.3 is 0 Å². The van der Waals surface area contributed by atoms with Gasteiger partial charge in [0.25, 0.3) is 0 Å². The lowest BCUT2D eigenvalue weighted by Crippen LogP contribution is -2.38. The maximum absolute atomic E-state index is 13.0. The van der Waals surface area contributed by atoms with E-state index < -0.39 is 9.84 Å². The van der Waals surface area contributed by atoms with Crippen LogP contribution in [0.3, 0.4) is 0 Å². The first-order valence-electron chi connectivity index (χ1n) is 10.3. The van der Waals surface area contributed by atoms with Crippen molar-refractivity contribution in [3.8, 4) is 16.9 Å². The third-order valence-corrected chi connectivity index (χ3v) is 8.11. The molecule has 0 bridgehead atoms. The summed E-state index contributed by atoms with van der Waals surface area (Å²) in [6.45, 7) is 2.44. The van der Waals surface area contributed by atoms with Crippen molar-refractivity contribution in [1.82, 2.24) is 4.90 Å². The molecule has 1 saturated heterocycles. The van der Waals surface area contributed by atoms with Crippen molar-refractivity contribution in [3.63, 3.8) is 0 Å². The van der Waals surface area contributed by atoms with Crippen molar-refractivity contribution in [2.24, 2.45) is 0 Å². The zero-order valence-corrected chi connectivity index (χ0v) is 18.0. The van der Waals surface area contributed by atoms with Gasteiger partial charge in [0.2, 0.25) is 0 Å². The molecule has 0 amide bonds. The fraction of sp³-hybridized carbons (Fsp3) is 0.280. The molecule has 0 aromatic heterocycles. The van der Waals surface area contributed by atoms with Gasteiger partial charge < -0.3 is 4.74 Å². The van der Waals surface area contributed by atoms with E-state index in [2.05, 4.69) is 41.3 Å². The summed E-state index contributed by atoms with van der Waals surface area (Å²) in [5, 5.41) is -0.317. The molecule has 0 atom stereocenters. The molecule has 4 nitrogen and oxygen atoms in total. The summed E-state index contributed by atoms with van der Waals surface area (Å²) in [4.78, 5) is 2.73. The van der Waals surface area contributed by atoms with E-state index in [0.29, 0.717) is 23.5 Å². The Labute approximate surface area is 179 Å². The number of methoxy groups -OCH3 is 1. The van der Waals surface area contributed by atoms with Crippen LogP contribution in [0.15, 0.2) is 83.8 Å². The quantitative estimate of drug-likeness (QED) is 0.574. The minimum Gasteiger partial charge on any atom is -0.497 e. The van der Waals surface area contributed by atoms with Gasteiger partial charge in [0.05, 0.1) is 17.3 Å². The first kappa shape index (κ1) is 20.6. The maximum Gasteiger partial charge on any atom is 0.181 e. The molecule has 0 unspecified atom stereocenters. The number of hydrogen-bond donors (Lipinski definition) is 0. The van der Waals surface area contributed by atoms with Gasteiger partial charge in [0.1, 0.15) is 5.75 Å². The van der Waals surface area contributed by atoms with Gasteiger partial charge in [-0.15, -0.1) is 0 Å². The van der Waals surface area contributed by atoms with Crippen LogP contribution in [0.25, 0.3) is 11.1 Å². The molecule has 1 heterocycles. The van der Waals surface area contributed by atoms with E-state index in [-0.39, 0.29) is 5.25 Å². The summed E-state index contributed by atoms with van der Waals surface area (Å²) in [7, 11) is -1.72. The van der Waals surface area contributed by atoms with Crippen LogP contribution >= 0.6 is 0 Å². The van der Waals surface area contributed by atoms with Gasteiger partial charge in [0, 0.05) is 6.54 Å². The normalized spacial score (nSPS) is 15.8. The summed E-state index contributed by atoms with van der Waals surface area (Å²) in [5.74, 6) is 0.669. The van der Waals surface area contributed by atoms with E-state index >= 15 is 0 Å². The summed E-state index contributed by atoms with van der Waals surface area (Å²) >= 11 is 0. The molecule has 0 radical (unpaired) electrons. The largest absolute Gasteiger partial charge is 0.497 e. The second-order valence-electron chi connectivity index (χ2n) is 7.76. The van der Waals surface area contributed by atoms with Crippen molar-refractivity contribution in [3.05, 3.63) is 84.4 Å². The first-order chi connectivity index (χ1) is 14.6. The van der Waals surface area contributed by atoms with Crippen molar-refractivity contribution in [1.29, 1.82) is 0 Å². The van der Waals surface area contributed by atoms with E-state index in [0.717, 1.165) is 19.6 Å². The number of hydrogen-bond acceptors (Lipinski definition) is 4. The summed E-state index contributed by atoms with van der Waals surface area (Å²) in [6, 6.07) is 25.7. The average molecular weight is 422 g/mol. The topological polar surface area (TPSA) is 46.6 Å². The van der Waals surface area contributed by atoms with Crippen LogP contribution in [0.4, 0.5) is 0 Å². The summed E-state index contributed by atoms with van der Waals surface area (Å²) in [6.07, 6.45) is 1.33. The zero-order valence-electron chi connectivity index (χ0n) is 17.2. The molecule has 5 heteroatoms. The summed E-state index contributed by atoms with van der Waals surface area (Å²) in [5.41, 5.74) is 3.68. The van der Waals surface area contributed by atoms with E-state index in [4.69, 9.17) is 4.74 Å². The predicted octanol–water partition coefficient (Wildman–Crippen LogP) is 4.80. The van der Waals surface area contributed by atoms with E-state index in [1.807, 2.05) is 18.2 Å². The molecule has 0 saturated carbocycles. The minimum atomic E-state index is -3.30. The van der Waals surface area contributed by atoms with E-state index in [1.54, 1.807) is 31.4 Å². The van der Waals surface area contributed by atoms with Crippen LogP contribution in [0, 0.1) is 0 Å². The van der Waals surface area contributed by atoms with Gasteiger partial charge in [-0.1, -0.05) is 54.6 Å². The number of ether oxygens (including phenoxy) is 1. The highest BCUT2D eigenvalue weighted by atomic mass is 32.2. The van der Waals surface area contributed by atoms with Crippen LogP contribution < -0.4 is 4.74 Å². The van der Waals surface area contributed by atoms with Gasteiger partial charge in [-0.2, -0.15) is 0 Å². The third kappa shape index (κ3) is 4.58. The lowest BCUT2D eigenvalue weighted by Gasteiger charge is -2.31. The smallest absolute Gasteiger partial charge is 0.181 e. The Bertz CT molecular complexity index is 1050. The van der Waals surface area contributed by atoms with Gasteiger partial charge in [-0.3, -0.25) is 4.90 Å². The highest BCUT2D eigenvalue weighted by Gasteiger charge is 2.31. The van der Waals surface area contributed by atoms with E-state index in [1.165, 1.54) is 16.7 Å². The molecule has 30 heavy (non-hydrogen) atoms. The molecule has 1 aliphatic rings. The minimum absolute atomic E-state index is 0.317. The van der Waals surface area contributed by atoms with E-state index in [9.17, 15) is 8.42 Å². The molecule has 4 rings (SSSR count). The molecule has 0 spiro atoms. The molecular weight excluding hydrogens is 394 g/mol. The third-order valence-electron chi connectivity index (χ3n) is 5.83. The maximum atomic E-state index is 13.0. The Morgan fingerprint density at radius 1 is 0.833 bits per heavy atom. The summed E-state index contributed by atoms with van der Waals surface area (Å²) < 4.78 is 31.1. The van der Waals surface area contributed by atoms with Crippen LogP contribution in [0.1, 0.15) is 18.4 Å². The Morgan fingerprint density at radius 2 is 1.43 bits per heavy atom. The van der Waals surface area contributed by atoms with Crippen LogP contribution in [0.5, 0.6) is 5.75 Å². The Morgan fingerprint density at radius 3 is 2.03 bits per heavy atom. The second kappa shape index (κ2) is 9.02. The molecule has 3 aromatic carbocycles. The highest BCUT2D eigenvalue weighted by Crippen LogP contribution is 2.27. The molecule has 0 aliphatic carbocycles. The number of rotatable bonds is 6. The Hall–Kier alpha value is -2.63. The van der Waals surface area contributed by atoms with Crippen molar-refractivity contribution < 1.29 is 13.2 Å². The van der Waals surface area contributed by atoms with Gasteiger partial charge in [-0.25, -0.2) is 8.42 Å². The number of nitrogens with zero attached hydrogens (tertiary/aromatic N) is 1. The molecule has 1 aliphatic heterocycles. The average Bonchev–Trinajstić information content (AvgIpc) is 2.80. The molecular formula is C25H27NO3S. The fourth-order valence-corrected chi connectivity index (χ4v) is 5.76. The Balaban J connectivity index is 1.35. The number of piperidine rings is 1. The molecule has 156 valence electrons. The molecule has 0 N–H and O–H groups in total. The highest BCUT2D eigenvalue weighted by molar-refractivity contribution is 7.92. The molecule has 3 aromatic rings. The lowest BCUT2D eigenvalue weighted by molar-refractivity contribution is 0.222. The fourth-order valence-electron chi connectivity index (χ4n) is 4.03. The SMILES string of the molecule is COc1ccc(S(=O)(=O)C2CCN(Cc3ccc(-c4ccccc4)cc3)CC2)cc1. The van der Waals surface area contributed by atoms with Crippen LogP contribution in [-0.2, 0) is 16.4 Å². The monoisotopic (exact) mass is 421 g/mol. The first-order valence-corrected chi connectivity index (χ1v) is 11.9. The van der Waals surface area contributed by atoms with Crippen LogP contribution in [-0.4, -0.2) is 38.8 Å². The van der Waals surface area contributed by atoms with Gasteiger partial charge in [0.15, 0.2) is 9.84 Å². The lowest BCUT2D eigenvalue weighted by atomic mass is 10.0. The standard InChI is InChI=1S/C25H27NO3S/c1-29-23-11-13-24(14-12-23)30(27,28)25-15-17-26(18-16-25)19-20-7-9-22(10-8-20)21-5-3-2-4-6-21/h2-14,25H,15-19H2,1H3.